The highest BCUT2D eigenvalue weighted by molar-refractivity contribution is 5.83. The molecule has 0 saturated carbocycles. The minimum absolute atomic E-state index is 0.249. The van der Waals surface area contributed by atoms with Gasteiger partial charge in [-0.25, -0.2) is 14.6 Å². The number of nitrogens with one attached hydrogen (secondary N) is 2. The van der Waals surface area contributed by atoms with E-state index >= 15 is 0 Å². The summed E-state index contributed by atoms with van der Waals surface area (Å²) >= 11 is 0. The SMILES string of the molecule is COC1CC(C(=O)O)N(C(=O)NC(C)c2ncc[nH]2)C1. The molecule has 1 aliphatic heterocycles. The number of ether oxygens (including phenoxy) is 1. The molecule has 3 atom stereocenters. The Morgan fingerprint density at radius 2 is 2.40 bits per heavy atom. The van der Waals surface area contributed by atoms with E-state index in [1.54, 1.807) is 19.3 Å². The Kier molecular flexibility index (Phi) is 4.23. The van der Waals surface area contributed by atoms with Crippen molar-refractivity contribution in [3.05, 3.63) is 18.2 Å². The summed E-state index contributed by atoms with van der Waals surface area (Å²) < 4.78 is 5.15. The number of carboxylic acids is 1. The van der Waals surface area contributed by atoms with Gasteiger partial charge in [-0.05, 0) is 6.92 Å². The third-order valence-electron chi connectivity index (χ3n) is 3.41. The highest BCUT2D eigenvalue weighted by atomic mass is 16.5. The highest BCUT2D eigenvalue weighted by Gasteiger charge is 2.40. The van der Waals surface area contributed by atoms with E-state index in [2.05, 4.69) is 15.3 Å². The van der Waals surface area contributed by atoms with Gasteiger partial charge in [0.05, 0.1) is 12.1 Å². The summed E-state index contributed by atoms with van der Waals surface area (Å²) in [6, 6.07) is -1.61. The van der Waals surface area contributed by atoms with Gasteiger partial charge in [0.15, 0.2) is 0 Å². The smallest absolute Gasteiger partial charge is 0.326 e. The van der Waals surface area contributed by atoms with E-state index < -0.39 is 18.0 Å². The molecule has 3 N–H and O–H groups in total. The number of methoxy groups -OCH3 is 1. The second kappa shape index (κ2) is 5.91. The Morgan fingerprint density at radius 3 is 2.95 bits per heavy atom. The fourth-order valence-corrected chi connectivity index (χ4v) is 2.28. The number of carbonyl (C=O) groups excluding carboxylic acids is 1. The van der Waals surface area contributed by atoms with Crippen LogP contribution in [0.5, 0.6) is 0 Å². The van der Waals surface area contributed by atoms with Crippen molar-refractivity contribution in [2.24, 2.45) is 0 Å². The maximum Gasteiger partial charge on any atom is 0.326 e. The second-order valence-corrected chi connectivity index (χ2v) is 4.75. The van der Waals surface area contributed by atoms with Crippen LogP contribution in [0, 0.1) is 0 Å². The third kappa shape index (κ3) is 2.90. The summed E-state index contributed by atoms with van der Waals surface area (Å²) in [7, 11) is 1.51. The molecule has 1 aromatic heterocycles. The van der Waals surface area contributed by atoms with Crippen LogP contribution in [0.15, 0.2) is 12.4 Å². The van der Waals surface area contributed by atoms with E-state index in [0.717, 1.165) is 0 Å². The molecule has 2 heterocycles. The number of imidazole rings is 1. The molecule has 1 aromatic rings. The lowest BCUT2D eigenvalue weighted by atomic mass is 10.2. The molecule has 0 radical (unpaired) electrons. The molecule has 8 heteroatoms. The summed E-state index contributed by atoms with van der Waals surface area (Å²) in [5, 5.41) is 11.9. The number of rotatable bonds is 4. The Labute approximate surface area is 116 Å². The predicted molar refractivity (Wildman–Crippen MR) is 69.1 cm³/mol. The van der Waals surface area contributed by atoms with Crippen LogP contribution in [-0.2, 0) is 9.53 Å². The fraction of sp³-hybridized carbons (Fsp3) is 0.583. The predicted octanol–water partition coefficient (Wildman–Crippen LogP) is 0.354. The average Bonchev–Trinajstić information content (AvgIpc) is 3.07. The van der Waals surface area contributed by atoms with Crippen LogP contribution in [0.4, 0.5) is 4.79 Å². The van der Waals surface area contributed by atoms with Crippen molar-refractivity contribution in [3.63, 3.8) is 0 Å². The number of aliphatic carboxylic acids is 1. The Morgan fingerprint density at radius 1 is 1.65 bits per heavy atom. The first kappa shape index (κ1) is 14.3. The molecule has 110 valence electrons. The Balaban J connectivity index is 2.02. The lowest BCUT2D eigenvalue weighted by Crippen LogP contribution is -2.47. The van der Waals surface area contributed by atoms with Gasteiger partial charge >= 0.3 is 12.0 Å². The molecule has 0 aromatic carbocycles. The van der Waals surface area contributed by atoms with Crippen molar-refractivity contribution in [3.8, 4) is 0 Å². The molecule has 8 nitrogen and oxygen atoms in total. The van der Waals surface area contributed by atoms with Crippen LogP contribution in [0.1, 0.15) is 25.2 Å². The van der Waals surface area contributed by atoms with Gasteiger partial charge in [-0.2, -0.15) is 0 Å². The number of hydrogen-bond donors (Lipinski definition) is 3. The number of aromatic amines is 1. The lowest BCUT2D eigenvalue weighted by molar-refractivity contribution is -0.141. The molecule has 20 heavy (non-hydrogen) atoms. The van der Waals surface area contributed by atoms with Gasteiger partial charge in [0, 0.05) is 32.5 Å². The van der Waals surface area contributed by atoms with E-state index in [4.69, 9.17) is 9.84 Å². The molecule has 2 rings (SSSR count). The van der Waals surface area contributed by atoms with Crippen molar-refractivity contribution in [2.45, 2.75) is 31.5 Å². The zero-order valence-electron chi connectivity index (χ0n) is 11.4. The van der Waals surface area contributed by atoms with Crippen molar-refractivity contribution in [2.75, 3.05) is 13.7 Å². The quantitative estimate of drug-likeness (QED) is 0.738. The fourth-order valence-electron chi connectivity index (χ4n) is 2.28. The summed E-state index contributed by atoms with van der Waals surface area (Å²) in [5.41, 5.74) is 0. The number of nitrogens with zero attached hydrogens (tertiary/aromatic N) is 2. The molecule has 2 amide bonds. The van der Waals surface area contributed by atoms with Gasteiger partial charge in [0.2, 0.25) is 0 Å². The van der Waals surface area contributed by atoms with Gasteiger partial charge in [0.1, 0.15) is 11.9 Å². The number of hydrogen-bond acceptors (Lipinski definition) is 4. The van der Waals surface area contributed by atoms with E-state index in [9.17, 15) is 9.59 Å². The number of urea groups is 1. The standard InChI is InChI=1S/C12H18N4O4/c1-7(10-13-3-4-14-10)15-12(19)16-6-8(20-2)5-9(16)11(17)18/h3-4,7-9H,5-6H2,1-2H3,(H,13,14)(H,15,19)(H,17,18). The minimum atomic E-state index is -1.02. The number of aromatic nitrogens is 2. The van der Waals surface area contributed by atoms with Crippen LogP contribution in [0.2, 0.25) is 0 Å². The summed E-state index contributed by atoms with van der Waals surface area (Å²) in [5.74, 6) is -0.405. The van der Waals surface area contributed by atoms with Gasteiger partial charge in [-0.1, -0.05) is 0 Å². The lowest BCUT2D eigenvalue weighted by Gasteiger charge is -2.23. The van der Waals surface area contributed by atoms with Crippen molar-refractivity contribution >= 4 is 12.0 Å². The van der Waals surface area contributed by atoms with E-state index in [1.807, 2.05) is 0 Å². The first-order valence-electron chi connectivity index (χ1n) is 6.35. The summed E-state index contributed by atoms with van der Waals surface area (Å²) in [6.45, 7) is 2.04. The number of carbonyl (C=O) groups is 2. The van der Waals surface area contributed by atoms with Crippen LogP contribution in [0.25, 0.3) is 0 Å². The van der Waals surface area contributed by atoms with Crippen LogP contribution in [-0.4, -0.2) is 57.8 Å². The first-order chi connectivity index (χ1) is 9.52. The maximum absolute atomic E-state index is 12.2. The largest absolute Gasteiger partial charge is 0.480 e. The number of amides is 2. The number of carboxylic acid groups (broad SMARTS) is 1. The van der Waals surface area contributed by atoms with Crippen molar-refractivity contribution in [1.29, 1.82) is 0 Å². The maximum atomic E-state index is 12.2. The average molecular weight is 282 g/mol. The van der Waals surface area contributed by atoms with E-state index in [1.165, 1.54) is 12.0 Å². The third-order valence-corrected chi connectivity index (χ3v) is 3.41. The molecular weight excluding hydrogens is 264 g/mol. The topological polar surface area (TPSA) is 108 Å². The van der Waals surface area contributed by atoms with Crippen LogP contribution < -0.4 is 5.32 Å². The molecule has 0 aliphatic carbocycles. The van der Waals surface area contributed by atoms with Gasteiger partial charge in [-0.15, -0.1) is 0 Å². The highest BCUT2D eigenvalue weighted by Crippen LogP contribution is 2.21. The zero-order chi connectivity index (χ0) is 14.7. The van der Waals surface area contributed by atoms with Gasteiger partial charge in [0.25, 0.3) is 0 Å². The normalized spacial score (nSPS) is 23.6. The minimum Gasteiger partial charge on any atom is -0.480 e. The number of H-pyrrole nitrogens is 1. The van der Waals surface area contributed by atoms with Gasteiger partial charge < -0.3 is 25.0 Å². The molecule has 0 spiro atoms. The Hall–Kier alpha value is -2.09. The molecule has 1 fully saturated rings. The number of likely N-dealkylation sites (tertiary alicyclic amines) is 1. The molecule has 0 bridgehead atoms. The zero-order valence-corrected chi connectivity index (χ0v) is 11.4. The monoisotopic (exact) mass is 282 g/mol. The van der Waals surface area contributed by atoms with E-state index in [-0.39, 0.29) is 18.7 Å². The molecular formula is C12H18N4O4. The van der Waals surface area contributed by atoms with E-state index in [0.29, 0.717) is 12.2 Å². The van der Waals surface area contributed by atoms with Crippen molar-refractivity contribution in [1.82, 2.24) is 20.2 Å². The summed E-state index contributed by atoms with van der Waals surface area (Å²) in [4.78, 5) is 31.6. The first-order valence-corrected chi connectivity index (χ1v) is 6.35. The van der Waals surface area contributed by atoms with Crippen molar-refractivity contribution < 1.29 is 19.4 Å². The van der Waals surface area contributed by atoms with Crippen LogP contribution >= 0.6 is 0 Å². The Bertz CT molecular complexity index is 476. The molecule has 1 aliphatic rings. The van der Waals surface area contributed by atoms with Crippen LogP contribution in [0.3, 0.4) is 0 Å². The second-order valence-electron chi connectivity index (χ2n) is 4.75. The molecule has 3 unspecified atom stereocenters. The van der Waals surface area contributed by atoms with Gasteiger partial charge in [-0.3, -0.25) is 0 Å². The summed E-state index contributed by atoms with van der Waals surface area (Å²) in [6.07, 6.45) is 3.30. The molecule has 1 saturated heterocycles.